The first-order valence-electron chi connectivity index (χ1n) is 11.6. The number of carbonyl (C=O) groups excluding carboxylic acids is 4. The summed E-state index contributed by atoms with van der Waals surface area (Å²) in [7, 11) is 0. The van der Waals surface area contributed by atoms with Crippen molar-refractivity contribution in [2.45, 2.75) is 69.6 Å². The average molecular weight is 509 g/mol. The van der Waals surface area contributed by atoms with E-state index in [0.717, 1.165) is 0 Å². The first-order chi connectivity index (χ1) is 16.9. The minimum absolute atomic E-state index is 0.00271. The van der Waals surface area contributed by atoms with E-state index in [2.05, 4.69) is 16.0 Å². The van der Waals surface area contributed by atoms with Crippen LogP contribution in [0, 0.1) is 0 Å². The molecule has 0 aliphatic rings. The number of hydrogen-bond acceptors (Lipinski definition) is 8. The number of benzene rings is 1. The van der Waals surface area contributed by atoms with Crippen LogP contribution < -0.4 is 33.2 Å². The van der Waals surface area contributed by atoms with Crippen LogP contribution in [0.4, 0.5) is 0 Å². The van der Waals surface area contributed by atoms with Crippen molar-refractivity contribution < 1.29 is 34.2 Å². The molecule has 36 heavy (non-hydrogen) atoms. The molecule has 13 heteroatoms. The largest absolute Gasteiger partial charge is 0.508 e. The van der Waals surface area contributed by atoms with Gasteiger partial charge in [-0.25, -0.2) is 0 Å². The summed E-state index contributed by atoms with van der Waals surface area (Å²) in [5, 5.41) is 26.1. The SMILES string of the molecule is CC(NC(=O)C(Cc1ccc(O)cc1)NC(=O)C(CCCCN)NC(=O)C(N)CCC(N)=O)C(=O)O. The van der Waals surface area contributed by atoms with E-state index in [1.807, 2.05) is 0 Å². The number of primary amides is 1. The van der Waals surface area contributed by atoms with Crippen LogP contribution in [-0.4, -0.2) is 70.5 Å². The summed E-state index contributed by atoms with van der Waals surface area (Å²) in [6.07, 6.45) is 1.17. The van der Waals surface area contributed by atoms with E-state index < -0.39 is 53.8 Å². The molecule has 0 bridgehead atoms. The van der Waals surface area contributed by atoms with E-state index in [1.165, 1.54) is 19.1 Å². The second kappa shape index (κ2) is 15.3. The first-order valence-corrected chi connectivity index (χ1v) is 11.6. The Balaban J connectivity index is 3.05. The Morgan fingerprint density at radius 1 is 0.889 bits per heavy atom. The number of nitrogens with one attached hydrogen (secondary N) is 3. The maximum absolute atomic E-state index is 13.1. The van der Waals surface area contributed by atoms with E-state index in [1.54, 1.807) is 12.1 Å². The number of amides is 4. The van der Waals surface area contributed by atoms with E-state index in [-0.39, 0.29) is 31.4 Å². The van der Waals surface area contributed by atoms with Crippen LogP contribution in [0.25, 0.3) is 0 Å². The molecular formula is C23H36N6O7. The minimum atomic E-state index is -1.25. The molecule has 0 radical (unpaired) electrons. The number of unbranched alkanes of at least 4 members (excludes halogenated alkanes) is 1. The van der Waals surface area contributed by atoms with Crippen molar-refractivity contribution in [2.75, 3.05) is 6.54 Å². The fraction of sp³-hybridized carbons (Fsp3) is 0.522. The topological polar surface area (TPSA) is 240 Å². The predicted molar refractivity (Wildman–Crippen MR) is 130 cm³/mol. The van der Waals surface area contributed by atoms with Crippen molar-refractivity contribution in [1.29, 1.82) is 0 Å². The normalized spacial score (nSPS) is 14.1. The van der Waals surface area contributed by atoms with E-state index in [0.29, 0.717) is 24.9 Å². The predicted octanol–water partition coefficient (Wildman–Crippen LogP) is -1.78. The molecule has 1 aromatic carbocycles. The molecule has 1 aromatic rings. The van der Waals surface area contributed by atoms with Gasteiger partial charge in [0.25, 0.3) is 0 Å². The van der Waals surface area contributed by atoms with Gasteiger partial charge in [-0.05, 0) is 56.8 Å². The molecule has 4 unspecified atom stereocenters. The summed E-state index contributed by atoms with van der Waals surface area (Å²) in [5.74, 6) is -3.94. The number of carbonyl (C=O) groups is 5. The summed E-state index contributed by atoms with van der Waals surface area (Å²) in [4.78, 5) is 60.6. The molecule has 4 atom stereocenters. The molecular weight excluding hydrogens is 472 g/mol. The van der Waals surface area contributed by atoms with Gasteiger partial charge in [-0.15, -0.1) is 0 Å². The van der Waals surface area contributed by atoms with Crippen LogP contribution in [0.15, 0.2) is 24.3 Å². The number of phenolic OH excluding ortho intramolecular Hbond substituents is 1. The molecule has 0 aromatic heterocycles. The lowest BCUT2D eigenvalue weighted by Gasteiger charge is -2.25. The molecule has 0 saturated carbocycles. The Morgan fingerprint density at radius 3 is 2.03 bits per heavy atom. The van der Waals surface area contributed by atoms with Gasteiger partial charge in [0.15, 0.2) is 0 Å². The van der Waals surface area contributed by atoms with Crippen molar-refractivity contribution in [3.8, 4) is 5.75 Å². The van der Waals surface area contributed by atoms with E-state index in [4.69, 9.17) is 22.3 Å². The van der Waals surface area contributed by atoms with Crippen molar-refractivity contribution in [1.82, 2.24) is 16.0 Å². The van der Waals surface area contributed by atoms with Crippen LogP contribution in [0.3, 0.4) is 0 Å². The number of carboxylic acid groups (broad SMARTS) is 1. The maximum Gasteiger partial charge on any atom is 0.325 e. The van der Waals surface area contributed by atoms with Crippen LogP contribution in [0.1, 0.15) is 44.6 Å². The Morgan fingerprint density at radius 2 is 1.47 bits per heavy atom. The number of rotatable bonds is 16. The molecule has 0 saturated heterocycles. The summed E-state index contributed by atoms with van der Waals surface area (Å²) >= 11 is 0. The lowest BCUT2D eigenvalue weighted by Crippen LogP contribution is -2.57. The van der Waals surface area contributed by atoms with Crippen LogP contribution in [0.2, 0.25) is 0 Å². The second-order valence-corrected chi connectivity index (χ2v) is 8.46. The Bertz CT molecular complexity index is 909. The van der Waals surface area contributed by atoms with Gasteiger partial charge in [-0.2, -0.15) is 0 Å². The minimum Gasteiger partial charge on any atom is -0.508 e. The molecule has 4 amide bonds. The second-order valence-electron chi connectivity index (χ2n) is 8.46. The molecule has 0 fully saturated rings. The lowest BCUT2D eigenvalue weighted by atomic mass is 10.0. The third-order valence-electron chi connectivity index (χ3n) is 5.36. The number of phenols is 1. The number of aliphatic carboxylic acids is 1. The fourth-order valence-electron chi connectivity index (χ4n) is 3.19. The third-order valence-corrected chi connectivity index (χ3v) is 5.36. The summed E-state index contributed by atoms with van der Waals surface area (Å²) in [6, 6.07) is 1.41. The van der Waals surface area contributed by atoms with Crippen molar-refractivity contribution in [3.63, 3.8) is 0 Å². The van der Waals surface area contributed by atoms with Crippen molar-refractivity contribution in [2.24, 2.45) is 17.2 Å². The van der Waals surface area contributed by atoms with E-state index in [9.17, 15) is 29.1 Å². The Kier molecular flexibility index (Phi) is 12.9. The number of hydrogen-bond donors (Lipinski definition) is 8. The monoisotopic (exact) mass is 508 g/mol. The molecule has 0 aliphatic carbocycles. The zero-order valence-electron chi connectivity index (χ0n) is 20.2. The van der Waals surface area contributed by atoms with Gasteiger partial charge < -0.3 is 43.4 Å². The Labute approximate surface area is 209 Å². The maximum atomic E-state index is 13.1. The number of nitrogens with two attached hydrogens (primary N) is 3. The molecule has 11 N–H and O–H groups in total. The summed E-state index contributed by atoms with van der Waals surface area (Å²) < 4.78 is 0. The highest BCUT2D eigenvalue weighted by Gasteiger charge is 2.29. The van der Waals surface area contributed by atoms with Crippen LogP contribution in [-0.2, 0) is 30.4 Å². The first kappa shape index (κ1) is 30.3. The zero-order chi connectivity index (χ0) is 27.3. The zero-order valence-corrected chi connectivity index (χ0v) is 20.2. The van der Waals surface area contributed by atoms with Crippen molar-refractivity contribution in [3.05, 3.63) is 29.8 Å². The average Bonchev–Trinajstić information content (AvgIpc) is 2.82. The highest BCUT2D eigenvalue weighted by Crippen LogP contribution is 2.12. The van der Waals surface area contributed by atoms with Gasteiger partial charge in [0.05, 0.1) is 6.04 Å². The van der Waals surface area contributed by atoms with Crippen molar-refractivity contribution >= 4 is 29.6 Å². The van der Waals surface area contributed by atoms with Gasteiger partial charge in [-0.1, -0.05) is 12.1 Å². The quantitative estimate of drug-likeness (QED) is 0.117. The highest BCUT2D eigenvalue weighted by atomic mass is 16.4. The number of aromatic hydroxyl groups is 1. The molecule has 1 rings (SSSR count). The smallest absolute Gasteiger partial charge is 0.325 e. The van der Waals surface area contributed by atoms with Gasteiger partial charge in [-0.3, -0.25) is 24.0 Å². The lowest BCUT2D eigenvalue weighted by molar-refractivity contribution is -0.141. The summed E-state index contributed by atoms with van der Waals surface area (Å²) in [6.45, 7) is 1.66. The highest BCUT2D eigenvalue weighted by molar-refractivity contribution is 5.94. The molecule has 13 nitrogen and oxygen atoms in total. The van der Waals surface area contributed by atoms with Gasteiger partial charge >= 0.3 is 5.97 Å². The molecule has 0 spiro atoms. The third kappa shape index (κ3) is 11.1. The standard InChI is InChI=1S/C23H36N6O7/c1-13(23(35)36)27-22(34)18(12-14-5-7-15(30)8-6-14)29-21(33)17(4-2-3-11-24)28-20(32)16(25)9-10-19(26)31/h5-8,13,16-18,30H,2-4,9-12,24-25H2,1H3,(H2,26,31)(H,27,34)(H,28,32)(H,29,33)(H,35,36). The number of carboxylic acids is 1. The Hall–Kier alpha value is -3.71. The van der Waals surface area contributed by atoms with Crippen LogP contribution >= 0.6 is 0 Å². The summed E-state index contributed by atoms with van der Waals surface area (Å²) in [5.41, 5.74) is 17.0. The molecule has 0 aliphatic heterocycles. The van der Waals surface area contributed by atoms with Gasteiger partial charge in [0.1, 0.15) is 23.9 Å². The fourth-order valence-corrected chi connectivity index (χ4v) is 3.19. The molecule has 0 heterocycles. The van der Waals surface area contributed by atoms with Crippen LogP contribution in [0.5, 0.6) is 5.75 Å². The van der Waals surface area contributed by atoms with E-state index >= 15 is 0 Å². The van der Waals surface area contributed by atoms with Gasteiger partial charge in [0.2, 0.25) is 23.6 Å². The molecule has 200 valence electrons. The van der Waals surface area contributed by atoms with Gasteiger partial charge in [0, 0.05) is 12.8 Å².